The van der Waals surface area contributed by atoms with Crippen molar-refractivity contribution in [3.8, 4) is 0 Å². The number of aliphatic imine (C=N–C) groups is 1. The van der Waals surface area contributed by atoms with Crippen molar-refractivity contribution < 1.29 is 4.52 Å². The molecule has 1 heterocycles. The Balaban J connectivity index is 1.80. The molecule has 5 heteroatoms. The van der Waals surface area contributed by atoms with Gasteiger partial charge in [-0.3, -0.25) is 4.99 Å². The maximum atomic E-state index is 5.39. The average Bonchev–Trinajstić information content (AvgIpc) is 3.19. The van der Waals surface area contributed by atoms with E-state index in [2.05, 4.69) is 40.7 Å². The minimum atomic E-state index is 0.500. The molecule has 1 aliphatic rings. The van der Waals surface area contributed by atoms with Gasteiger partial charge in [-0.1, -0.05) is 19.0 Å². The standard InChI is InChI=1S/C15H26N4O/c1-4-12(5-2)14-8-13(20-19-14)10-18-15(16-3)17-9-11-6-7-11/h8,11-12H,4-7,9-10H2,1-3H3,(H2,16,17,18). The van der Waals surface area contributed by atoms with Crippen LogP contribution in [0, 0.1) is 5.92 Å². The third-order valence-corrected chi connectivity index (χ3v) is 3.89. The second kappa shape index (κ2) is 7.31. The summed E-state index contributed by atoms with van der Waals surface area (Å²) in [6.45, 7) is 6.00. The molecule has 1 saturated carbocycles. The molecule has 0 bridgehead atoms. The van der Waals surface area contributed by atoms with Crippen LogP contribution in [0.2, 0.25) is 0 Å². The van der Waals surface area contributed by atoms with Crippen LogP contribution in [0.15, 0.2) is 15.6 Å². The maximum absolute atomic E-state index is 5.39. The Bertz CT molecular complexity index is 433. The Kier molecular flexibility index (Phi) is 5.44. The molecule has 2 N–H and O–H groups in total. The third-order valence-electron chi connectivity index (χ3n) is 3.89. The number of nitrogens with one attached hydrogen (secondary N) is 2. The summed E-state index contributed by atoms with van der Waals surface area (Å²) in [7, 11) is 1.79. The predicted octanol–water partition coefficient (Wildman–Crippen LogP) is 2.65. The van der Waals surface area contributed by atoms with Crippen molar-refractivity contribution in [2.45, 2.75) is 52.0 Å². The van der Waals surface area contributed by atoms with Crippen LogP contribution in [0.25, 0.3) is 0 Å². The molecule has 1 aromatic heterocycles. The van der Waals surface area contributed by atoms with E-state index in [1.54, 1.807) is 7.05 Å². The fourth-order valence-electron chi connectivity index (χ4n) is 2.27. The number of hydrogen-bond acceptors (Lipinski definition) is 3. The molecule has 0 amide bonds. The number of hydrogen-bond donors (Lipinski definition) is 2. The SMILES string of the molecule is CCC(CC)c1cc(CNC(=NC)NCC2CC2)on1. The lowest BCUT2D eigenvalue weighted by molar-refractivity contribution is 0.368. The molecule has 0 aliphatic heterocycles. The molecule has 0 radical (unpaired) electrons. The zero-order valence-electron chi connectivity index (χ0n) is 12.8. The van der Waals surface area contributed by atoms with Crippen LogP contribution in [0.4, 0.5) is 0 Å². The van der Waals surface area contributed by atoms with Gasteiger partial charge in [0.05, 0.1) is 12.2 Å². The zero-order chi connectivity index (χ0) is 14.4. The van der Waals surface area contributed by atoms with E-state index >= 15 is 0 Å². The van der Waals surface area contributed by atoms with Crippen LogP contribution in [0.5, 0.6) is 0 Å². The lowest BCUT2D eigenvalue weighted by atomic mass is 9.99. The van der Waals surface area contributed by atoms with Crippen molar-refractivity contribution in [3.05, 3.63) is 17.5 Å². The third kappa shape index (κ3) is 4.25. The number of aromatic nitrogens is 1. The first kappa shape index (κ1) is 14.9. The Morgan fingerprint density at radius 1 is 1.40 bits per heavy atom. The molecule has 0 saturated heterocycles. The molecule has 0 aromatic carbocycles. The molecule has 0 unspecified atom stereocenters. The van der Waals surface area contributed by atoms with Gasteiger partial charge in [0.2, 0.25) is 0 Å². The quantitative estimate of drug-likeness (QED) is 0.594. The van der Waals surface area contributed by atoms with Gasteiger partial charge in [0, 0.05) is 25.6 Å². The minimum absolute atomic E-state index is 0.500. The highest BCUT2D eigenvalue weighted by atomic mass is 16.5. The predicted molar refractivity (Wildman–Crippen MR) is 80.8 cm³/mol. The first-order valence-electron chi connectivity index (χ1n) is 7.66. The van der Waals surface area contributed by atoms with E-state index in [4.69, 9.17) is 4.52 Å². The van der Waals surface area contributed by atoms with Crippen molar-refractivity contribution in [1.29, 1.82) is 0 Å². The fraction of sp³-hybridized carbons (Fsp3) is 0.733. The summed E-state index contributed by atoms with van der Waals surface area (Å²) in [5.74, 6) is 3.03. The summed E-state index contributed by atoms with van der Waals surface area (Å²) < 4.78 is 5.39. The smallest absolute Gasteiger partial charge is 0.191 e. The normalized spacial score (nSPS) is 15.7. The van der Waals surface area contributed by atoms with Gasteiger partial charge in [0.1, 0.15) is 0 Å². The largest absolute Gasteiger partial charge is 0.359 e. The summed E-state index contributed by atoms with van der Waals surface area (Å²) in [5.41, 5.74) is 1.06. The first-order valence-corrected chi connectivity index (χ1v) is 7.66. The minimum Gasteiger partial charge on any atom is -0.359 e. The zero-order valence-corrected chi connectivity index (χ0v) is 12.8. The summed E-state index contributed by atoms with van der Waals surface area (Å²) >= 11 is 0. The topological polar surface area (TPSA) is 62.5 Å². The second-order valence-corrected chi connectivity index (χ2v) is 5.48. The summed E-state index contributed by atoms with van der Waals surface area (Å²) in [6.07, 6.45) is 4.87. The van der Waals surface area contributed by atoms with Gasteiger partial charge in [-0.2, -0.15) is 0 Å². The van der Waals surface area contributed by atoms with Crippen LogP contribution in [-0.4, -0.2) is 24.7 Å². The molecule has 0 spiro atoms. The van der Waals surface area contributed by atoms with Crippen LogP contribution in [0.1, 0.15) is 56.9 Å². The maximum Gasteiger partial charge on any atom is 0.191 e. The van der Waals surface area contributed by atoms with E-state index < -0.39 is 0 Å². The van der Waals surface area contributed by atoms with Gasteiger partial charge in [0.15, 0.2) is 11.7 Å². The summed E-state index contributed by atoms with van der Waals surface area (Å²) in [5, 5.41) is 10.8. The lowest BCUT2D eigenvalue weighted by Crippen LogP contribution is -2.37. The summed E-state index contributed by atoms with van der Waals surface area (Å²) in [4.78, 5) is 4.21. The molecule has 112 valence electrons. The molecule has 0 atom stereocenters. The molecular formula is C15H26N4O. The van der Waals surface area contributed by atoms with Gasteiger partial charge in [0.25, 0.3) is 0 Å². The summed E-state index contributed by atoms with van der Waals surface area (Å²) in [6, 6.07) is 2.05. The van der Waals surface area contributed by atoms with E-state index in [-0.39, 0.29) is 0 Å². The Morgan fingerprint density at radius 2 is 2.15 bits per heavy atom. The molecule has 1 fully saturated rings. The van der Waals surface area contributed by atoms with Gasteiger partial charge in [-0.05, 0) is 31.6 Å². The van der Waals surface area contributed by atoms with Gasteiger partial charge < -0.3 is 15.2 Å². The fourth-order valence-corrected chi connectivity index (χ4v) is 2.27. The molecule has 1 aliphatic carbocycles. The van der Waals surface area contributed by atoms with Crippen LogP contribution >= 0.6 is 0 Å². The Morgan fingerprint density at radius 3 is 2.75 bits per heavy atom. The Labute approximate surface area is 121 Å². The molecule has 2 rings (SSSR count). The lowest BCUT2D eigenvalue weighted by Gasteiger charge is -2.09. The van der Waals surface area contributed by atoms with Gasteiger partial charge >= 0.3 is 0 Å². The highest BCUT2D eigenvalue weighted by molar-refractivity contribution is 5.79. The second-order valence-electron chi connectivity index (χ2n) is 5.48. The van der Waals surface area contributed by atoms with E-state index in [1.165, 1.54) is 12.8 Å². The molecule has 1 aromatic rings. The van der Waals surface area contributed by atoms with Crippen LogP contribution in [-0.2, 0) is 6.54 Å². The highest BCUT2D eigenvalue weighted by Crippen LogP contribution is 2.27. The van der Waals surface area contributed by atoms with Gasteiger partial charge in [-0.15, -0.1) is 0 Å². The van der Waals surface area contributed by atoms with Gasteiger partial charge in [-0.25, -0.2) is 0 Å². The number of nitrogens with zero attached hydrogens (tertiary/aromatic N) is 2. The van der Waals surface area contributed by atoms with Crippen molar-refractivity contribution in [2.24, 2.45) is 10.9 Å². The average molecular weight is 278 g/mol. The van der Waals surface area contributed by atoms with E-state index in [0.29, 0.717) is 12.5 Å². The molecular weight excluding hydrogens is 252 g/mol. The number of rotatable bonds is 7. The Hall–Kier alpha value is -1.52. The van der Waals surface area contributed by atoms with E-state index in [1.807, 2.05) is 0 Å². The van der Waals surface area contributed by atoms with Crippen molar-refractivity contribution in [1.82, 2.24) is 15.8 Å². The van der Waals surface area contributed by atoms with Crippen LogP contribution < -0.4 is 10.6 Å². The van der Waals surface area contributed by atoms with Crippen molar-refractivity contribution in [3.63, 3.8) is 0 Å². The highest BCUT2D eigenvalue weighted by Gasteiger charge is 2.21. The van der Waals surface area contributed by atoms with E-state index in [0.717, 1.165) is 42.7 Å². The molecule has 20 heavy (non-hydrogen) atoms. The monoisotopic (exact) mass is 278 g/mol. The van der Waals surface area contributed by atoms with Crippen LogP contribution in [0.3, 0.4) is 0 Å². The van der Waals surface area contributed by atoms with Crippen molar-refractivity contribution in [2.75, 3.05) is 13.6 Å². The molecule has 5 nitrogen and oxygen atoms in total. The van der Waals surface area contributed by atoms with E-state index in [9.17, 15) is 0 Å². The first-order chi connectivity index (χ1) is 9.76. The van der Waals surface area contributed by atoms with Crippen molar-refractivity contribution >= 4 is 5.96 Å². The number of guanidine groups is 1.